The normalized spacial score (nSPS) is 18.3. The summed E-state index contributed by atoms with van der Waals surface area (Å²) in [7, 11) is 0. The molecular formula is C15H10BrClFNOS. The first kappa shape index (κ1) is 14.9. The Morgan fingerprint density at radius 1 is 1.29 bits per heavy atom. The molecule has 0 saturated carbocycles. The summed E-state index contributed by atoms with van der Waals surface area (Å²) in [5.41, 5.74) is 1.62. The average molecular weight is 387 g/mol. The number of rotatable bonds is 2. The number of benzene rings is 2. The molecule has 0 N–H and O–H groups in total. The van der Waals surface area contributed by atoms with Crippen LogP contribution in [0, 0.1) is 5.82 Å². The molecule has 0 spiro atoms. The maximum atomic E-state index is 13.3. The minimum absolute atomic E-state index is 0.0107. The van der Waals surface area contributed by atoms with Crippen LogP contribution in [0.15, 0.2) is 46.9 Å². The monoisotopic (exact) mass is 385 g/mol. The summed E-state index contributed by atoms with van der Waals surface area (Å²) in [5.74, 6) is -0.110. The number of hydrogen-bond donors (Lipinski definition) is 0. The lowest BCUT2D eigenvalue weighted by atomic mass is 10.2. The SMILES string of the molecule is O=C1CS[C@@H](c2ccccc2Br)N1c1ccc(F)c(Cl)c1. The Kier molecular flexibility index (Phi) is 4.24. The smallest absolute Gasteiger partial charge is 0.238 e. The maximum absolute atomic E-state index is 13.3. The van der Waals surface area contributed by atoms with Gasteiger partial charge in [0, 0.05) is 10.2 Å². The summed E-state index contributed by atoms with van der Waals surface area (Å²) in [6.07, 6.45) is 0. The second kappa shape index (κ2) is 5.99. The maximum Gasteiger partial charge on any atom is 0.238 e. The van der Waals surface area contributed by atoms with E-state index in [0.717, 1.165) is 10.0 Å². The zero-order valence-electron chi connectivity index (χ0n) is 10.7. The summed E-state index contributed by atoms with van der Waals surface area (Å²) in [4.78, 5) is 13.9. The van der Waals surface area contributed by atoms with E-state index in [2.05, 4.69) is 15.9 Å². The molecule has 1 aliphatic heterocycles. The van der Waals surface area contributed by atoms with Crippen molar-refractivity contribution in [2.24, 2.45) is 0 Å². The van der Waals surface area contributed by atoms with Gasteiger partial charge in [-0.05, 0) is 29.8 Å². The van der Waals surface area contributed by atoms with Crippen molar-refractivity contribution in [3.8, 4) is 0 Å². The van der Waals surface area contributed by atoms with Gasteiger partial charge in [-0.3, -0.25) is 9.69 Å². The van der Waals surface area contributed by atoms with E-state index in [1.165, 1.54) is 12.1 Å². The average Bonchev–Trinajstić information content (AvgIpc) is 2.84. The van der Waals surface area contributed by atoms with Crippen molar-refractivity contribution >= 4 is 50.9 Å². The molecule has 2 aromatic carbocycles. The van der Waals surface area contributed by atoms with E-state index in [-0.39, 0.29) is 16.3 Å². The molecule has 0 bridgehead atoms. The summed E-state index contributed by atoms with van der Waals surface area (Å²) in [6.45, 7) is 0. The molecule has 6 heteroatoms. The minimum atomic E-state index is -0.489. The molecule has 1 atom stereocenters. The molecule has 1 fully saturated rings. The zero-order valence-corrected chi connectivity index (χ0v) is 13.9. The number of hydrogen-bond acceptors (Lipinski definition) is 2. The molecule has 108 valence electrons. The predicted octanol–water partition coefficient (Wildman–Crippen LogP) is 5.02. The number of amides is 1. The van der Waals surface area contributed by atoms with Crippen LogP contribution in [0.3, 0.4) is 0 Å². The van der Waals surface area contributed by atoms with Crippen LogP contribution in [0.2, 0.25) is 5.02 Å². The molecule has 21 heavy (non-hydrogen) atoms. The molecule has 1 amide bonds. The molecule has 2 nitrogen and oxygen atoms in total. The van der Waals surface area contributed by atoms with Gasteiger partial charge in [-0.25, -0.2) is 4.39 Å². The van der Waals surface area contributed by atoms with Gasteiger partial charge in [-0.15, -0.1) is 11.8 Å². The van der Waals surface area contributed by atoms with E-state index >= 15 is 0 Å². The van der Waals surface area contributed by atoms with E-state index in [9.17, 15) is 9.18 Å². The van der Waals surface area contributed by atoms with Crippen LogP contribution in [0.1, 0.15) is 10.9 Å². The number of carbonyl (C=O) groups is 1. The Morgan fingerprint density at radius 2 is 2.05 bits per heavy atom. The van der Waals surface area contributed by atoms with Gasteiger partial charge in [0.15, 0.2) is 0 Å². The van der Waals surface area contributed by atoms with Crippen molar-refractivity contribution in [3.63, 3.8) is 0 Å². The first-order valence-electron chi connectivity index (χ1n) is 6.21. The largest absolute Gasteiger partial charge is 0.295 e. The summed E-state index contributed by atoms with van der Waals surface area (Å²) in [5, 5.41) is -0.127. The Balaban J connectivity index is 2.04. The third-order valence-electron chi connectivity index (χ3n) is 3.22. The standard InChI is InChI=1S/C15H10BrClFNOS/c16-11-4-2-1-3-10(11)15-19(14(20)8-21-15)9-5-6-13(18)12(17)7-9/h1-7,15H,8H2/t15-/m0/s1. The van der Waals surface area contributed by atoms with E-state index in [1.807, 2.05) is 24.3 Å². The zero-order chi connectivity index (χ0) is 15.0. The minimum Gasteiger partial charge on any atom is -0.295 e. The van der Waals surface area contributed by atoms with E-state index in [1.54, 1.807) is 22.7 Å². The van der Waals surface area contributed by atoms with Crippen molar-refractivity contribution in [3.05, 3.63) is 63.3 Å². The Labute approximate surface area is 139 Å². The Hall–Kier alpha value is -1.04. The van der Waals surface area contributed by atoms with Gasteiger partial charge in [0.25, 0.3) is 0 Å². The molecule has 2 aromatic rings. The third-order valence-corrected chi connectivity index (χ3v) is 5.43. The van der Waals surface area contributed by atoms with Crippen molar-refractivity contribution in [2.45, 2.75) is 5.37 Å². The second-order valence-corrected chi connectivity index (χ2v) is 6.88. The van der Waals surface area contributed by atoms with Crippen LogP contribution in [0.25, 0.3) is 0 Å². The first-order valence-corrected chi connectivity index (χ1v) is 8.43. The fourth-order valence-electron chi connectivity index (χ4n) is 2.24. The fraction of sp³-hybridized carbons (Fsp3) is 0.133. The summed E-state index contributed by atoms with van der Waals surface area (Å²) >= 11 is 10.9. The number of anilines is 1. The molecule has 1 saturated heterocycles. The first-order chi connectivity index (χ1) is 10.1. The van der Waals surface area contributed by atoms with Crippen LogP contribution < -0.4 is 4.90 Å². The molecule has 0 aliphatic carbocycles. The fourth-order valence-corrected chi connectivity index (χ4v) is 4.28. The summed E-state index contributed by atoms with van der Waals surface area (Å²) in [6, 6.07) is 12.1. The number of thioether (sulfide) groups is 1. The number of carbonyl (C=O) groups excluding carboxylic acids is 1. The van der Waals surface area contributed by atoms with Crippen molar-refractivity contribution in [2.75, 3.05) is 10.7 Å². The highest BCUT2D eigenvalue weighted by Gasteiger charge is 2.35. The lowest BCUT2D eigenvalue weighted by Crippen LogP contribution is -2.28. The lowest BCUT2D eigenvalue weighted by molar-refractivity contribution is -0.115. The summed E-state index contributed by atoms with van der Waals surface area (Å²) < 4.78 is 14.3. The van der Waals surface area contributed by atoms with Crippen LogP contribution in [-0.2, 0) is 4.79 Å². The van der Waals surface area contributed by atoms with Gasteiger partial charge in [0.1, 0.15) is 11.2 Å². The van der Waals surface area contributed by atoms with E-state index < -0.39 is 5.82 Å². The predicted molar refractivity (Wildman–Crippen MR) is 88.2 cm³/mol. The van der Waals surface area contributed by atoms with Gasteiger partial charge in [-0.2, -0.15) is 0 Å². The van der Waals surface area contributed by atoms with Gasteiger partial charge in [-0.1, -0.05) is 45.7 Å². The number of halogens is 3. The molecule has 3 rings (SSSR count). The topological polar surface area (TPSA) is 20.3 Å². The van der Waals surface area contributed by atoms with Crippen molar-refractivity contribution < 1.29 is 9.18 Å². The molecule has 0 radical (unpaired) electrons. The van der Waals surface area contributed by atoms with Gasteiger partial charge in [0.2, 0.25) is 5.91 Å². The van der Waals surface area contributed by atoms with Gasteiger partial charge < -0.3 is 0 Å². The lowest BCUT2D eigenvalue weighted by Gasteiger charge is -2.25. The Bertz CT molecular complexity index is 712. The highest BCUT2D eigenvalue weighted by Crippen LogP contribution is 2.44. The molecule has 0 unspecified atom stereocenters. The molecule has 1 aliphatic rings. The van der Waals surface area contributed by atoms with Gasteiger partial charge in [0.05, 0.1) is 10.8 Å². The Morgan fingerprint density at radius 3 is 2.76 bits per heavy atom. The molecule has 1 heterocycles. The van der Waals surface area contributed by atoms with E-state index in [0.29, 0.717) is 11.4 Å². The second-order valence-electron chi connectivity index (χ2n) is 4.55. The van der Waals surface area contributed by atoms with E-state index in [4.69, 9.17) is 11.6 Å². The van der Waals surface area contributed by atoms with Crippen molar-refractivity contribution in [1.82, 2.24) is 0 Å². The van der Waals surface area contributed by atoms with Gasteiger partial charge >= 0.3 is 0 Å². The number of nitrogens with zero attached hydrogens (tertiary/aromatic N) is 1. The highest BCUT2D eigenvalue weighted by molar-refractivity contribution is 9.10. The van der Waals surface area contributed by atoms with Crippen LogP contribution in [-0.4, -0.2) is 11.7 Å². The van der Waals surface area contributed by atoms with Crippen LogP contribution in [0.4, 0.5) is 10.1 Å². The van der Waals surface area contributed by atoms with Crippen LogP contribution >= 0.6 is 39.3 Å². The molecular weight excluding hydrogens is 377 g/mol. The molecule has 0 aromatic heterocycles. The van der Waals surface area contributed by atoms with Crippen LogP contribution in [0.5, 0.6) is 0 Å². The quantitative estimate of drug-likeness (QED) is 0.722. The third kappa shape index (κ3) is 2.82. The highest BCUT2D eigenvalue weighted by atomic mass is 79.9. The van der Waals surface area contributed by atoms with Crippen molar-refractivity contribution in [1.29, 1.82) is 0 Å².